The highest BCUT2D eigenvalue weighted by atomic mass is 79.9. The summed E-state index contributed by atoms with van der Waals surface area (Å²) in [6.45, 7) is 3.60. The zero-order valence-electron chi connectivity index (χ0n) is 5.88. The molecule has 3 nitrogen and oxygen atoms in total. The Morgan fingerprint density at radius 3 is 2.82 bits per heavy atom. The Balaban J connectivity index is 2.81. The molecule has 0 radical (unpaired) electrons. The molecule has 0 aromatic carbocycles. The molecule has 60 valence electrons. The van der Waals surface area contributed by atoms with Crippen LogP contribution in [0.3, 0.4) is 0 Å². The van der Waals surface area contributed by atoms with Gasteiger partial charge in [0.1, 0.15) is 5.76 Å². The van der Waals surface area contributed by atoms with Gasteiger partial charge in [0.15, 0.2) is 4.67 Å². The summed E-state index contributed by atoms with van der Waals surface area (Å²) < 4.78 is 5.92. The van der Waals surface area contributed by atoms with Gasteiger partial charge in [-0.05, 0) is 28.1 Å². The molecule has 0 spiro atoms. The van der Waals surface area contributed by atoms with E-state index in [1.54, 1.807) is 6.08 Å². The van der Waals surface area contributed by atoms with E-state index in [9.17, 15) is 0 Å². The Kier molecular flexibility index (Phi) is 2.87. The van der Waals surface area contributed by atoms with Crippen molar-refractivity contribution in [3.63, 3.8) is 0 Å². The average Bonchev–Trinajstić information content (AvgIpc) is 2.39. The minimum Gasteiger partial charge on any atom is -0.452 e. The zero-order valence-corrected chi connectivity index (χ0v) is 7.47. The lowest BCUT2D eigenvalue weighted by Gasteiger charge is -2.05. The molecule has 1 rings (SSSR count). The number of rotatable bonds is 3. The summed E-state index contributed by atoms with van der Waals surface area (Å²) in [7, 11) is 0. The van der Waals surface area contributed by atoms with E-state index in [0.717, 1.165) is 5.76 Å². The van der Waals surface area contributed by atoms with E-state index in [-0.39, 0.29) is 6.04 Å². The van der Waals surface area contributed by atoms with Gasteiger partial charge >= 0.3 is 0 Å². The molecule has 11 heavy (non-hydrogen) atoms. The van der Waals surface area contributed by atoms with E-state index < -0.39 is 0 Å². The van der Waals surface area contributed by atoms with Gasteiger partial charge in [-0.2, -0.15) is 0 Å². The van der Waals surface area contributed by atoms with E-state index in [2.05, 4.69) is 27.9 Å². The molecule has 0 aliphatic rings. The van der Waals surface area contributed by atoms with Crippen molar-refractivity contribution < 1.29 is 4.42 Å². The van der Waals surface area contributed by atoms with Crippen molar-refractivity contribution in [2.24, 2.45) is 5.84 Å². The normalized spacial score (nSPS) is 12.9. The van der Waals surface area contributed by atoms with Crippen molar-refractivity contribution in [3.8, 4) is 0 Å². The van der Waals surface area contributed by atoms with Crippen LogP contribution in [0.2, 0.25) is 0 Å². The molecule has 0 amide bonds. The van der Waals surface area contributed by atoms with Crippen molar-refractivity contribution in [2.45, 2.75) is 6.04 Å². The second-order valence-corrected chi connectivity index (χ2v) is 2.80. The molecule has 0 aliphatic carbocycles. The number of nitrogens with one attached hydrogen (secondary N) is 1. The second kappa shape index (κ2) is 3.71. The molecular weight excluding hydrogens is 208 g/mol. The molecule has 0 fully saturated rings. The predicted octanol–water partition coefficient (Wildman–Crippen LogP) is 1.73. The quantitative estimate of drug-likeness (QED) is 0.460. The molecule has 4 heteroatoms. The first-order chi connectivity index (χ1) is 5.27. The van der Waals surface area contributed by atoms with Gasteiger partial charge in [0.05, 0.1) is 6.04 Å². The number of hydrazine groups is 1. The summed E-state index contributed by atoms with van der Waals surface area (Å²) in [5.74, 6) is 5.97. The summed E-state index contributed by atoms with van der Waals surface area (Å²) >= 11 is 3.19. The highest BCUT2D eigenvalue weighted by Gasteiger charge is 2.08. The van der Waals surface area contributed by atoms with Gasteiger partial charge in [0.25, 0.3) is 0 Å². The van der Waals surface area contributed by atoms with Crippen molar-refractivity contribution in [2.75, 3.05) is 0 Å². The summed E-state index contributed by atoms with van der Waals surface area (Å²) in [4.78, 5) is 0. The van der Waals surface area contributed by atoms with E-state index in [4.69, 9.17) is 10.3 Å². The van der Waals surface area contributed by atoms with Crippen LogP contribution in [0.1, 0.15) is 11.8 Å². The van der Waals surface area contributed by atoms with Crippen molar-refractivity contribution in [1.82, 2.24) is 5.43 Å². The monoisotopic (exact) mass is 216 g/mol. The fourth-order valence-corrected chi connectivity index (χ4v) is 1.08. The van der Waals surface area contributed by atoms with Gasteiger partial charge < -0.3 is 4.42 Å². The maximum atomic E-state index is 5.23. The average molecular weight is 217 g/mol. The van der Waals surface area contributed by atoms with Crippen LogP contribution in [0, 0.1) is 0 Å². The molecule has 0 bridgehead atoms. The Bertz CT molecular complexity index is 246. The molecule has 0 saturated carbocycles. The standard InChI is InChI=1S/C7H9BrN2O/c1-2-5(10-9)6-3-4-7(8)11-6/h2-5,10H,1,9H2. The van der Waals surface area contributed by atoms with Crippen LogP contribution in [-0.2, 0) is 0 Å². The molecule has 0 saturated heterocycles. The number of hydrogen-bond acceptors (Lipinski definition) is 3. The third kappa shape index (κ3) is 1.92. The van der Waals surface area contributed by atoms with E-state index in [0.29, 0.717) is 4.67 Å². The van der Waals surface area contributed by atoms with Gasteiger partial charge in [-0.25, -0.2) is 5.43 Å². The molecule has 1 unspecified atom stereocenters. The number of nitrogens with two attached hydrogens (primary N) is 1. The van der Waals surface area contributed by atoms with Gasteiger partial charge in [-0.1, -0.05) is 6.08 Å². The van der Waals surface area contributed by atoms with Crippen LogP contribution in [0.25, 0.3) is 0 Å². The molecule has 1 aromatic heterocycles. The van der Waals surface area contributed by atoms with Crippen LogP contribution < -0.4 is 11.3 Å². The first-order valence-electron chi connectivity index (χ1n) is 3.12. The van der Waals surface area contributed by atoms with Crippen molar-refractivity contribution in [1.29, 1.82) is 0 Å². The summed E-state index contributed by atoms with van der Waals surface area (Å²) in [5.41, 5.74) is 2.55. The largest absolute Gasteiger partial charge is 0.452 e. The van der Waals surface area contributed by atoms with Crippen LogP contribution in [-0.4, -0.2) is 0 Å². The highest BCUT2D eigenvalue weighted by molar-refractivity contribution is 9.10. The first kappa shape index (κ1) is 8.52. The van der Waals surface area contributed by atoms with Crippen LogP contribution in [0.5, 0.6) is 0 Å². The van der Waals surface area contributed by atoms with E-state index >= 15 is 0 Å². The third-order valence-electron chi connectivity index (χ3n) is 1.32. The summed E-state index contributed by atoms with van der Waals surface area (Å²) in [6, 6.07) is 3.51. The second-order valence-electron chi connectivity index (χ2n) is 2.02. The van der Waals surface area contributed by atoms with Gasteiger partial charge in [0.2, 0.25) is 0 Å². The fourth-order valence-electron chi connectivity index (χ4n) is 0.762. The van der Waals surface area contributed by atoms with E-state index in [1.165, 1.54) is 0 Å². The van der Waals surface area contributed by atoms with Crippen LogP contribution in [0.4, 0.5) is 0 Å². The lowest BCUT2D eigenvalue weighted by molar-refractivity contribution is 0.443. The molecule has 1 heterocycles. The summed E-state index contributed by atoms with van der Waals surface area (Å²) in [5, 5.41) is 0. The summed E-state index contributed by atoms with van der Waals surface area (Å²) in [6.07, 6.45) is 1.67. The topological polar surface area (TPSA) is 51.2 Å². The van der Waals surface area contributed by atoms with E-state index in [1.807, 2.05) is 12.1 Å². The first-order valence-corrected chi connectivity index (χ1v) is 3.91. The fraction of sp³-hybridized carbons (Fsp3) is 0.143. The molecule has 0 aliphatic heterocycles. The Morgan fingerprint density at radius 1 is 1.73 bits per heavy atom. The number of hydrogen-bond donors (Lipinski definition) is 2. The smallest absolute Gasteiger partial charge is 0.169 e. The van der Waals surface area contributed by atoms with Crippen molar-refractivity contribution >= 4 is 15.9 Å². The minimum atomic E-state index is -0.124. The molecule has 3 N–H and O–H groups in total. The SMILES string of the molecule is C=CC(NN)c1ccc(Br)o1. The lowest BCUT2D eigenvalue weighted by Crippen LogP contribution is -2.25. The molecule has 1 atom stereocenters. The third-order valence-corrected chi connectivity index (χ3v) is 1.74. The van der Waals surface area contributed by atoms with Gasteiger partial charge in [-0.3, -0.25) is 5.84 Å². The Hall–Kier alpha value is -0.580. The Labute approximate surface area is 73.4 Å². The number of furan rings is 1. The highest BCUT2D eigenvalue weighted by Crippen LogP contribution is 2.20. The zero-order chi connectivity index (χ0) is 8.27. The minimum absolute atomic E-state index is 0.124. The van der Waals surface area contributed by atoms with Crippen LogP contribution >= 0.6 is 15.9 Å². The van der Waals surface area contributed by atoms with Gasteiger partial charge in [0, 0.05) is 0 Å². The maximum Gasteiger partial charge on any atom is 0.169 e. The predicted molar refractivity (Wildman–Crippen MR) is 46.7 cm³/mol. The van der Waals surface area contributed by atoms with Gasteiger partial charge in [-0.15, -0.1) is 6.58 Å². The van der Waals surface area contributed by atoms with Crippen molar-refractivity contribution in [3.05, 3.63) is 35.2 Å². The lowest BCUT2D eigenvalue weighted by atomic mass is 10.2. The van der Waals surface area contributed by atoms with Crippen LogP contribution in [0.15, 0.2) is 33.9 Å². The maximum absolute atomic E-state index is 5.23. The number of halogens is 1. The molecule has 1 aromatic rings. The molecular formula is C7H9BrN2O. The Morgan fingerprint density at radius 2 is 2.45 bits per heavy atom.